The molecule has 3 amide bonds. The summed E-state index contributed by atoms with van der Waals surface area (Å²) in [7, 11) is 0. The number of hydrogen-bond acceptors (Lipinski definition) is 6. The van der Waals surface area contributed by atoms with E-state index in [1.54, 1.807) is 17.5 Å². The molecule has 2 rings (SSSR count). The number of furan rings is 1. The number of hydrogen-bond donors (Lipinski definition) is 1. The third kappa shape index (κ3) is 6.98. The molecule has 0 aliphatic rings. The van der Waals surface area contributed by atoms with E-state index in [1.165, 1.54) is 22.5 Å². The standard InChI is InChI=1S/C21H30N4O4S/c1-4-9-24(10-5-2)19(27)13-16-15-30-21(22-16)23-18(26)14-25(11-6-3)20(28)17-8-7-12-29-17/h7-8,12,15H,4-6,9-11,13-14H2,1-3H3,(H,22,23,26). The number of amides is 3. The number of aromatic nitrogens is 1. The molecule has 164 valence electrons. The van der Waals surface area contributed by atoms with Crippen LogP contribution in [-0.4, -0.2) is 58.7 Å². The molecule has 8 nitrogen and oxygen atoms in total. The van der Waals surface area contributed by atoms with E-state index in [2.05, 4.69) is 10.3 Å². The van der Waals surface area contributed by atoms with E-state index in [1.807, 2.05) is 25.7 Å². The van der Waals surface area contributed by atoms with Gasteiger partial charge in [0.2, 0.25) is 11.8 Å². The first-order valence-corrected chi connectivity index (χ1v) is 11.2. The van der Waals surface area contributed by atoms with E-state index in [9.17, 15) is 14.4 Å². The summed E-state index contributed by atoms with van der Waals surface area (Å²) < 4.78 is 5.15. The summed E-state index contributed by atoms with van der Waals surface area (Å²) in [5.74, 6) is -0.418. The lowest BCUT2D eigenvalue weighted by atomic mass is 10.2. The zero-order valence-electron chi connectivity index (χ0n) is 17.8. The van der Waals surface area contributed by atoms with E-state index in [-0.39, 0.29) is 36.4 Å². The van der Waals surface area contributed by atoms with Crippen molar-refractivity contribution in [3.63, 3.8) is 0 Å². The minimum atomic E-state index is -0.339. The minimum absolute atomic E-state index is 0.0417. The van der Waals surface area contributed by atoms with Crippen molar-refractivity contribution in [1.82, 2.24) is 14.8 Å². The van der Waals surface area contributed by atoms with Crippen molar-refractivity contribution in [2.75, 3.05) is 31.5 Å². The fourth-order valence-electron chi connectivity index (χ4n) is 3.02. The van der Waals surface area contributed by atoms with Crippen LogP contribution in [0.25, 0.3) is 0 Å². The van der Waals surface area contributed by atoms with Gasteiger partial charge in [-0.05, 0) is 31.4 Å². The second kappa shape index (κ2) is 12.1. The number of rotatable bonds is 12. The monoisotopic (exact) mass is 434 g/mol. The molecule has 0 aliphatic carbocycles. The zero-order valence-corrected chi connectivity index (χ0v) is 18.7. The average molecular weight is 435 g/mol. The van der Waals surface area contributed by atoms with Crippen LogP contribution in [0.1, 0.15) is 56.3 Å². The quantitative estimate of drug-likeness (QED) is 0.552. The third-order valence-corrected chi connectivity index (χ3v) is 5.12. The third-order valence-electron chi connectivity index (χ3n) is 4.32. The summed E-state index contributed by atoms with van der Waals surface area (Å²) in [5, 5.41) is 4.92. The molecule has 0 atom stereocenters. The molecule has 0 radical (unpaired) electrons. The number of carbonyl (C=O) groups excluding carboxylic acids is 3. The van der Waals surface area contributed by atoms with E-state index in [4.69, 9.17) is 4.42 Å². The molecular formula is C21H30N4O4S. The van der Waals surface area contributed by atoms with Crippen molar-refractivity contribution in [2.24, 2.45) is 0 Å². The molecule has 2 aromatic heterocycles. The van der Waals surface area contributed by atoms with Crippen molar-refractivity contribution < 1.29 is 18.8 Å². The Bertz CT molecular complexity index is 813. The summed E-state index contributed by atoms with van der Waals surface area (Å²) in [5.41, 5.74) is 0.634. The Kier molecular flexibility index (Phi) is 9.53. The van der Waals surface area contributed by atoms with Crippen LogP contribution in [0, 0.1) is 0 Å². The van der Waals surface area contributed by atoms with Crippen LogP contribution in [0.15, 0.2) is 28.2 Å². The molecule has 30 heavy (non-hydrogen) atoms. The van der Waals surface area contributed by atoms with E-state index >= 15 is 0 Å². The highest BCUT2D eigenvalue weighted by Crippen LogP contribution is 2.17. The van der Waals surface area contributed by atoms with Crippen molar-refractivity contribution in [3.05, 3.63) is 35.2 Å². The van der Waals surface area contributed by atoms with Gasteiger partial charge in [0, 0.05) is 25.0 Å². The average Bonchev–Trinajstić information content (AvgIpc) is 3.39. The van der Waals surface area contributed by atoms with E-state index in [0.29, 0.717) is 17.4 Å². The van der Waals surface area contributed by atoms with Crippen molar-refractivity contribution in [2.45, 2.75) is 46.5 Å². The van der Waals surface area contributed by atoms with Crippen LogP contribution in [-0.2, 0) is 16.0 Å². The van der Waals surface area contributed by atoms with Gasteiger partial charge in [0.25, 0.3) is 5.91 Å². The molecule has 0 aliphatic heterocycles. The fourth-order valence-corrected chi connectivity index (χ4v) is 3.75. The summed E-state index contributed by atoms with van der Waals surface area (Å²) in [6, 6.07) is 3.21. The maximum atomic E-state index is 12.5. The number of carbonyl (C=O) groups is 3. The maximum absolute atomic E-state index is 12.5. The van der Waals surface area contributed by atoms with Crippen molar-refractivity contribution in [3.8, 4) is 0 Å². The van der Waals surface area contributed by atoms with Gasteiger partial charge < -0.3 is 19.5 Å². The summed E-state index contributed by atoms with van der Waals surface area (Å²) in [6.45, 7) is 7.84. The largest absolute Gasteiger partial charge is 0.459 e. The second-order valence-corrected chi connectivity index (χ2v) is 7.81. The Morgan fingerprint density at radius 2 is 1.73 bits per heavy atom. The lowest BCUT2D eigenvalue weighted by Crippen LogP contribution is -2.38. The van der Waals surface area contributed by atoms with Crippen molar-refractivity contribution in [1.29, 1.82) is 0 Å². The normalized spacial score (nSPS) is 10.6. The van der Waals surface area contributed by atoms with E-state index in [0.717, 1.165) is 32.4 Å². The highest BCUT2D eigenvalue weighted by Gasteiger charge is 2.21. The first-order chi connectivity index (χ1) is 14.5. The van der Waals surface area contributed by atoms with Crippen LogP contribution in [0.3, 0.4) is 0 Å². The molecular weight excluding hydrogens is 404 g/mol. The van der Waals surface area contributed by atoms with Crippen LogP contribution in [0.2, 0.25) is 0 Å². The van der Waals surface area contributed by atoms with Gasteiger partial charge in [0.15, 0.2) is 10.9 Å². The summed E-state index contributed by atoms with van der Waals surface area (Å²) >= 11 is 1.27. The molecule has 0 spiro atoms. The van der Waals surface area contributed by atoms with Gasteiger partial charge in [0.05, 0.1) is 18.4 Å². The Morgan fingerprint density at radius 3 is 2.33 bits per heavy atom. The molecule has 1 N–H and O–H groups in total. The highest BCUT2D eigenvalue weighted by molar-refractivity contribution is 7.13. The molecule has 2 aromatic rings. The number of thiazole rings is 1. The van der Waals surface area contributed by atoms with Gasteiger partial charge in [-0.3, -0.25) is 14.4 Å². The van der Waals surface area contributed by atoms with Gasteiger partial charge >= 0.3 is 0 Å². The first kappa shape index (κ1) is 23.6. The molecule has 2 heterocycles. The van der Waals surface area contributed by atoms with Crippen LogP contribution < -0.4 is 5.32 Å². The Morgan fingerprint density at radius 1 is 1.07 bits per heavy atom. The smallest absolute Gasteiger partial charge is 0.290 e. The molecule has 9 heteroatoms. The lowest BCUT2D eigenvalue weighted by molar-refractivity contribution is -0.130. The fraction of sp³-hybridized carbons (Fsp3) is 0.524. The van der Waals surface area contributed by atoms with Gasteiger partial charge in [0.1, 0.15) is 6.54 Å². The molecule has 0 bridgehead atoms. The summed E-state index contributed by atoms with van der Waals surface area (Å²) in [6.07, 6.45) is 4.18. The van der Waals surface area contributed by atoms with Gasteiger partial charge in [-0.1, -0.05) is 20.8 Å². The SMILES string of the molecule is CCCN(CCC)C(=O)Cc1csc(NC(=O)CN(CCC)C(=O)c2ccco2)n1. The van der Waals surface area contributed by atoms with E-state index < -0.39 is 0 Å². The predicted molar refractivity (Wildman–Crippen MR) is 117 cm³/mol. The maximum Gasteiger partial charge on any atom is 0.290 e. The van der Waals surface area contributed by atoms with Gasteiger partial charge in [-0.15, -0.1) is 11.3 Å². The number of nitrogens with one attached hydrogen (secondary N) is 1. The van der Waals surface area contributed by atoms with Crippen molar-refractivity contribution >= 4 is 34.2 Å². The van der Waals surface area contributed by atoms with Crippen LogP contribution in [0.5, 0.6) is 0 Å². The second-order valence-electron chi connectivity index (χ2n) is 6.95. The molecule has 0 unspecified atom stereocenters. The topological polar surface area (TPSA) is 95.8 Å². The molecule has 0 fully saturated rings. The zero-order chi connectivity index (χ0) is 21.9. The minimum Gasteiger partial charge on any atom is -0.459 e. The molecule has 0 saturated carbocycles. The van der Waals surface area contributed by atoms with Gasteiger partial charge in [-0.25, -0.2) is 4.98 Å². The number of anilines is 1. The Hall–Kier alpha value is -2.68. The lowest BCUT2D eigenvalue weighted by Gasteiger charge is -2.21. The summed E-state index contributed by atoms with van der Waals surface area (Å²) in [4.78, 5) is 45.0. The predicted octanol–water partition coefficient (Wildman–Crippen LogP) is 3.42. The molecule has 0 saturated heterocycles. The Balaban J connectivity index is 1.93. The first-order valence-electron chi connectivity index (χ1n) is 10.3. The van der Waals surface area contributed by atoms with Gasteiger partial charge in [-0.2, -0.15) is 0 Å². The Labute approximate surface area is 181 Å². The highest BCUT2D eigenvalue weighted by atomic mass is 32.1. The van der Waals surface area contributed by atoms with Crippen LogP contribution in [0.4, 0.5) is 5.13 Å². The van der Waals surface area contributed by atoms with Crippen LogP contribution >= 0.6 is 11.3 Å². The molecule has 0 aromatic carbocycles. The number of nitrogens with zero attached hydrogens (tertiary/aromatic N) is 3.